The first-order chi connectivity index (χ1) is 8.20. The van der Waals surface area contributed by atoms with Gasteiger partial charge in [0.15, 0.2) is 0 Å². The van der Waals surface area contributed by atoms with Crippen LogP contribution in [0.5, 0.6) is 0 Å². The summed E-state index contributed by atoms with van der Waals surface area (Å²) in [5.74, 6) is -0.0739. The highest BCUT2D eigenvalue weighted by molar-refractivity contribution is 5.78. The molecule has 2 amide bonds. The number of carbonyl (C=O) groups is 2. The van der Waals surface area contributed by atoms with E-state index in [2.05, 4.69) is 16.0 Å². The zero-order chi connectivity index (χ0) is 12.9. The lowest BCUT2D eigenvalue weighted by molar-refractivity contribution is -0.122. The molecule has 0 saturated carbocycles. The van der Waals surface area contributed by atoms with E-state index in [0.717, 1.165) is 6.42 Å². The van der Waals surface area contributed by atoms with Gasteiger partial charge in [0.05, 0.1) is 13.2 Å². The maximum Gasteiger partial charge on any atom is 0.233 e. The van der Waals surface area contributed by atoms with Crippen LogP contribution in [0.3, 0.4) is 0 Å². The van der Waals surface area contributed by atoms with Gasteiger partial charge in [-0.05, 0) is 6.42 Å². The topological polar surface area (TPSA) is 79.5 Å². The van der Waals surface area contributed by atoms with Crippen LogP contribution in [0.25, 0.3) is 0 Å². The molecule has 6 nitrogen and oxygen atoms in total. The summed E-state index contributed by atoms with van der Waals surface area (Å²) in [6.07, 6.45) is 1.29. The van der Waals surface area contributed by atoms with Gasteiger partial charge < -0.3 is 20.7 Å². The van der Waals surface area contributed by atoms with E-state index < -0.39 is 0 Å². The number of nitrogens with one attached hydrogen (secondary N) is 3. The maximum absolute atomic E-state index is 11.2. The highest BCUT2D eigenvalue weighted by Gasteiger charge is 2.02. The van der Waals surface area contributed by atoms with Crippen LogP contribution in [0.4, 0.5) is 0 Å². The third kappa shape index (κ3) is 11.1. The Morgan fingerprint density at radius 2 is 1.76 bits per heavy atom. The molecule has 0 aromatic carbocycles. The van der Waals surface area contributed by atoms with Crippen molar-refractivity contribution in [3.05, 3.63) is 0 Å². The largest absolute Gasteiger partial charge is 0.383 e. The smallest absolute Gasteiger partial charge is 0.233 e. The molecule has 0 aromatic heterocycles. The zero-order valence-corrected chi connectivity index (χ0v) is 10.7. The number of carbonyl (C=O) groups excluding carboxylic acids is 2. The van der Waals surface area contributed by atoms with E-state index in [-0.39, 0.29) is 18.4 Å². The zero-order valence-electron chi connectivity index (χ0n) is 10.7. The van der Waals surface area contributed by atoms with Crippen LogP contribution in [0.15, 0.2) is 0 Å². The Kier molecular flexibility index (Phi) is 10.6. The number of methoxy groups -OCH3 is 1. The van der Waals surface area contributed by atoms with E-state index in [1.54, 1.807) is 7.11 Å². The Balaban J connectivity index is 3.32. The molecular formula is C11H23N3O3. The Labute approximate surface area is 102 Å². The molecule has 0 fully saturated rings. The molecule has 0 rings (SSSR count). The quantitative estimate of drug-likeness (QED) is 0.443. The highest BCUT2D eigenvalue weighted by Crippen LogP contribution is 1.78. The lowest BCUT2D eigenvalue weighted by Crippen LogP contribution is -2.36. The van der Waals surface area contributed by atoms with Crippen molar-refractivity contribution in [3.63, 3.8) is 0 Å². The normalized spacial score (nSPS) is 10.0. The minimum atomic E-state index is -0.0384. The van der Waals surface area contributed by atoms with Gasteiger partial charge in [0, 0.05) is 33.2 Å². The van der Waals surface area contributed by atoms with E-state index in [4.69, 9.17) is 4.74 Å². The van der Waals surface area contributed by atoms with E-state index >= 15 is 0 Å². The molecule has 0 heterocycles. The number of amides is 2. The van der Waals surface area contributed by atoms with Crippen molar-refractivity contribution in [2.75, 3.05) is 39.9 Å². The van der Waals surface area contributed by atoms with Crippen molar-refractivity contribution >= 4 is 11.8 Å². The molecule has 0 atom stereocenters. The van der Waals surface area contributed by atoms with Gasteiger partial charge in [-0.15, -0.1) is 0 Å². The van der Waals surface area contributed by atoms with E-state index in [1.165, 1.54) is 0 Å². The first-order valence-corrected chi connectivity index (χ1v) is 5.93. The number of rotatable bonds is 10. The van der Waals surface area contributed by atoms with Gasteiger partial charge in [0.25, 0.3) is 0 Å². The third-order valence-electron chi connectivity index (χ3n) is 2.01. The molecule has 0 saturated heterocycles. The van der Waals surface area contributed by atoms with Gasteiger partial charge in [-0.1, -0.05) is 6.92 Å². The van der Waals surface area contributed by atoms with Gasteiger partial charge in [-0.2, -0.15) is 0 Å². The van der Waals surface area contributed by atoms with Crippen LogP contribution < -0.4 is 16.0 Å². The van der Waals surface area contributed by atoms with E-state index in [1.807, 2.05) is 6.92 Å². The van der Waals surface area contributed by atoms with Crippen molar-refractivity contribution in [1.82, 2.24) is 16.0 Å². The van der Waals surface area contributed by atoms with Gasteiger partial charge >= 0.3 is 0 Å². The van der Waals surface area contributed by atoms with Crippen LogP contribution in [0.1, 0.15) is 19.8 Å². The molecule has 100 valence electrons. The highest BCUT2D eigenvalue weighted by atomic mass is 16.5. The SMILES string of the molecule is CCCNC(=O)CNCCC(=O)NCCOC. The van der Waals surface area contributed by atoms with Crippen LogP contribution in [-0.2, 0) is 14.3 Å². The lowest BCUT2D eigenvalue weighted by atomic mass is 10.4. The first kappa shape index (κ1) is 15.9. The van der Waals surface area contributed by atoms with Crippen molar-refractivity contribution < 1.29 is 14.3 Å². The van der Waals surface area contributed by atoms with Crippen LogP contribution in [0.2, 0.25) is 0 Å². The fraction of sp³-hybridized carbons (Fsp3) is 0.818. The monoisotopic (exact) mass is 245 g/mol. The average Bonchev–Trinajstić information content (AvgIpc) is 2.32. The summed E-state index contributed by atoms with van der Waals surface area (Å²) in [6, 6.07) is 0. The summed E-state index contributed by atoms with van der Waals surface area (Å²) in [5.41, 5.74) is 0. The second-order valence-corrected chi connectivity index (χ2v) is 3.62. The van der Waals surface area contributed by atoms with Gasteiger partial charge in [0.1, 0.15) is 0 Å². The fourth-order valence-electron chi connectivity index (χ4n) is 1.11. The minimum absolute atomic E-state index is 0.0355. The molecule has 0 aliphatic rings. The molecule has 0 aliphatic heterocycles. The predicted molar refractivity (Wildman–Crippen MR) is 65.7 cm³/mol. The molecule has 17 heavy (non-hydrogen) atoms. The Hall–Kier alpha value is -1.14. The first-order valence-electron chi connectivity index (χ1n) is 5.93. The Morgan fingerprint density at radius 3 is 2.41 bits per heavy atom. The second-order valence-electron chi connectivity index (χ2n) is 3.62. The standard InChI is InChI=1S/C11H23N3O3/c1-3-5-13-11(16)9-12-6-4-10(15)14-7-8-17-2/h12H,3-9H2,1-2H3,(H,13,16)(H,14,15). The summed E-state index contributed by atoms with van der Waals surface area (Å²) < 4.78 is 4.80. The molecule has 6 heteroatoms. The number of hydrogen-bond acceptors (Lipinski definition) is 4. The fourth-order valence-corrected chi connectivity index (χ4v) is 1.11. The van der Waals surface area contributed by atoms with E-state index in [0.29, 0.717) is 32.7 Å². The molecule has 0 aliphatic carbocycles. The summed E-state index contributed by atoms with van der Waals surface area (Å²) in [7, 11) is 1.59. The van der Waals surface area contributed by atoms with Crippen LogP contribution in [0, 0.1) is 0 Å². The number of hydrogen-bond donors (Lipinski definition) is 3. The van der Waals surface area contributed by atoms with Gasteiger partial charge in [0.2, 0.25) is 11.8 Å². The van der Waals surface area contributed by atoms with Crippen molar-refractivity contribution in [2.24, 2.45) is 0 Å². The van der Waals surface area contributed by atoms with E-state index in [9.17, 15) is 9.59 Å². The van der Waals surface area contributed by atoms with Gasteiger partial charge in [-0.25, -0.2) is 0 Å². The molecule has 0 spiro atoms. The van der Waals surface area contributed by atoms with Gasteiger partial charge in [-0.3, -0.25) is 9.59 Å². The Morgan fingerprint density at radius 1 is 1.06 bits per heavy atom. The van der Waals surface area contributed by atoms with Crippen LogP contribution in [-0.4, -0.2) is 51.7 Å². The summed E-state index contributed by atoms with van der Waals surface area (Å²) >= 11 is 0. The molecular weight excluding hydrogens is 222 g/mol. The Bertz CT molecular complexity index is 222. The van der Waals surface area contributed by atoms with Crippen molar-refractivity contribution in [2.45, 2.75) is 19.8 Å². The molecule has 0 radical (unpaired) electrons. The summed E-state index contributed by atoms with van der Waals surface area (Å²) in [4.78, 5) is 22.4. The van der Waals surface area contributed by atoms with Crippen LogP contribution >= 0.6 is 0 Å². The maximum atomic E-state index is 11.2. The predicted octanol–water partition coefficient (Wildman–Crippen LogP) is -0.745. The third-order valence-corrected chi connectivity index (χ3v) is 2.01. The number of ether oxygens (including phenoxy) is 1. The molecule has 0 aromatic rings. The van der Waals surface area contributed by atoms with Crippen molar-refractivity contribution in [3.8, 4) is 0 Å². The lowest BCUT2D eigenvalue weighted by Gasteiger charge is -2.06. The molecule has 3 N–H and O–H groups in total. The van der Waals surface area contributed by atoms with Crippen molar-refractivity contribution in [1.29, 1.82) is 0 Å². The molecule has 0 unspecified atom stereocenters. The average molecular weight is 245 g/mol. The second kappa shape index (κ2) is 11.3. The summed E-state index contributed by atoms with van der Waals surface area (Å²) in [5, 5.41) is 8.36. The summed E-state index contributed by atoms with van der Waals surface area (Å²) in [6.45, 7) is 4.48. The molecule has 0 bridgehead atoms. The minimum Gasteiger partial charge on any atom is -0.383 e.